The fourth-order valence-electron chi connectivity index (χ4n) is 3.96. The molecule has 0 spiro atoms. The number of aromatic nitrogens is 2. The Labute approximate surface area is 223 Å². The maximum absolute atomic E-state index is 13.4. The molecule has 0 saturated carbocycles. The smallest absolute Gasteiger partial charge is 0.243 e. The predicted molar refractivity (Wildman–Crippen MR) is 149 cm³/mol. The van der Waals surface area contributed by atoms with E-state index in [1.54, 1.807) is 22.9 Å². The van der Waals surface area contributed by atoms with Crippen LogP contribution in [-0.2, 0) is 14.8 Å². The van der Waals surface area contributed by atoms with Crippen molar-refractivity contribution in [2.45, 2.75) is 31.6 Å². The molecule has 0 radical (unpaired) electrons. The van der Waals surface area contributed by atoms with Crippen LogP contribution in [0.2, 0.25) is 0 Å². The van der Waals surface area contributed by atoms with Crippen LogP contribution in [0.25, 0.3) is 16.9 Å². The van der Waals surface area contributed by atoms with E-state index in [0.29, 0.717) is 23.7 Å². The van der Waals surface area contributed by atoms with E-state index in [-0.39, 0.29) is 18.0 Å². The number of unbranched alkanes of at least 4 members (excludes halogenated alkanes) is 1. The normalized spacial score (nSPS) is 11.5. The molecule has 1 N–H and O–H groups in total. The molecule has 4 rings (SSSR count). The van der Waals surface area contributed by atoms with E-state index < -0.39 is 15.9 Å². The first-order valence-electron chi connectivity index (χ1n) is 12.5. The van der Waals surface area contributed by atoms with Gasteiger partial charge in [-0.1, -0.05) is 61.4 Å². The van der Waals surface area contributed by atoms with Crippen molar-refractivity contribution in [1.29, 1.82) is 0 Å². The number of ether oxygens (including phenoxy) is 1. The summed E-state index contributed by atoms with van der Waals surface area (Å²) in [5.41, 5.74) is 3.47. The monoisotopic (exact) mass is 532 g/mol. The molecular formula is C29H32N4O4S. The molecule has 198 valence electrons. The number of carbonyl (C=O) groups is 1. The van der Waals surface area contributed by atoms with E-state index in [0.717, 1.165) is 23.2 Å². The largest absolute Gasteiger partial charge is 0.497 e. The molecule has 0 atom stereocenters. The number of hydrogen-bond donors (Lipinski definition) is 1. The summed E-state index contributed by atoms with van der Waals surface area (Å²) < 4.78 is 34.9. The Morgan fingerprint density at radius 2 is 1.68 bits per heavy atom. The number of carbonyl (C=O) groups excluding carboxylic acids is 1. The molecular weight excluding hydrogens is 500 g/mol. The number of rotatable bonds is 11. The van der Waals surface area contributed by atoms with Gasteiger partial charge >= 0.3 is 0 Å². The van der Waals surface area contributed by atoms with Crippen LogP contribution in [0.15, 0.2) is 89.8 Å². The summed E-state index contributed by atoms with van der Waals surface area (Å²) in [7, 11) is -2.38. The van der Waals surface area contributed by atoms with Crippen LogP contribution in [0.1, 0.15) is 25.3 Å². The summed E-state index contributed by atoms with van der Waals surface area (Å²) in [4.78, 5) is 13.4. The number of methoxy groups -OCH3 is 1. The molecule has 38 heavy (non-hydrogen) atoms. The van der Waals surface area contributed by atoms with Gasteiger partial charge in [-0.3, -0.25) is 4.79 Å². The van der Waals surface area contributed by atoms with Gasteiger partial charge in [-0.05, 0) is 49.7 Å². The first-order chi connectivity index (χ1) is 18.3. The van der Waals surface area contributed by atoms with Crippen LogP contribution in [0, 0.1) is 6.92 Å². The highest BCUT2D eigenvalue weighted by atomic mass is 32.2. The molecule has 0 aliphatic rings. The Kier molecular flexibility index (Phi) is 8.60. The predicted octanol–water partition coefficient (Wildman–Crippen LogP) is 5.29. The second-order valence-electron chi connectivity index (χ2n) is 8.94. The van der Waals surface area contributed by atoms with Gasteiger partial charge in [0.25, 0.3) is 0 Å². The quantitative estimate of drug-likeness (QED) is 0.283. The van der Waals surface area contributed by atoms with E-state index in [9.17, 15) is 13.2 Å². The topological polar surface area (TPSA) is 93.5 Å². The Bertz CT molecular complexity index is 1470. The molecule has 1 aromatic heterocycles. The number of aryl methyl sites for hydroxylation is 1. The molecule has 9 heteroatoms. The highest BCUT2D eigenvalue weighted by molar-refractivity contribution is 7.89. The highest BCUT2D eigenvalue weighted by Crippen LogP contribution is 2.25. The van der Waals surface area contributed by atoms with Crippen LogP contribution in [0.3, 0.4) is 0 Å². The van der Waals surface area contributed by atoms with Gasteiger partial charge in [0.2, 0.25) is 15.9 Å². The maximum Gasteiger partial charge on any atom is 0.243 e. The molecule has 8 nitrogen and oxygen atoms in total. The highest BCUT2D eigenvalue weighted by Gasteiger charge is 2.27. The van der Waals surface area contributed by atoms with Crippen molar-refractivity contribution in [1.82, 2.24) is 14.1 Å². The lowest BCUT2D eigenvalue weighted by atomic mass is 10.1. The number of nitrogens with zero attached hydrogens (tertiary/aromatic N) is 3. The van der Waals surface area contributed by atoms with Crippen LogP contribution in [0.4, 0.5) is 5.82 Å². The number of amides is 1. The lowest BCUT2D eigenvalue weighted by Crippen LogP contribution is -2.38. The summed E-state index contributed by atoms with van der Waals surface area (Å²) in [6, 6.07) is 25.4. The summed E-state index contributed by atoms with van der Waals surface area (Å²) in [5.74, 6) is 0.557. The molecule has 0 unspecified atom stereocenters. The number of hydrogen-bond acceptors (Lipinski definition) is 5. The van der Waals surface area contributed by atoms with Crippen molar-refractivity contribution in [3.05, 3.63) is 90.5 Å². The molecule has 1 heterocycles. The summed E-state index contributed by atoms with van der Waals surface area (Å²) >= 11 is 0. The molecule has 1 amide bonds. The van der Waals surface area contributed by atoms with E-state index in [4.69, 9.17) is 9.84 Å². The van der Waals surface area contributed by atoms with Crippen molar-refractivity contribution < 1.29 is 17.9 Å². The second-order valence-corrected chi connectivity index (χ2v) is 10.9. The van der Waals surface area contributed by atoms with E-state index >= 15 is 0 Å². The maximum atomic E-state index is 13.4. The zero-order chi connectivity index (χ0) is 27.1. The summed E-state index contributed by atoms with van der Waals surface area (Å²) in [6.07, 6.45) is 1.42. The number of sulfonamides is 1. The average molecular weight is 533 g/mol. The van der Waals surface area contributed by atoms with Crippen LogP contribution >= 0.6 is 0 Å². The number of benzene rings is 3. The minimum absolute atomic E-state index is 0.110. The fraction of sp³-hybridized carbons (Fsp3) is 0.241. The van der Waals surface area contributed by atoms with Crippen molar-refractivity contribution in [2.75, 3.05) is 25.5 Å². The van der Waals surface area contributed by atoms with Crippen molar-refractivity contribution in [3.63, 3.8) is 0 Å². The minimum Gasteiger partial charge on any atom is -0.497 e. The van der Waals surface area contributed by atoms with Gasteiger partial charge in [-0.2, -0.15) is 9.40 Å². The lowest BCUT2D eigenvalue weighted by Gasteiger charge is -2.22. The van der Waals surface area contributed by atoms with Gasteiger partial charge in [-0.15, -0.1) is 0 Å². The SMILES string of the molecule is CCCCN(CC(=O)Nc1cc(-c2ccccc2)nn1-c1ccc(C)cc1)S(=O)(=O)c1ccc(OC)cc1. The van der Waals surface area contributed by atoms with Crippen LogP contribution in [-0.4, -0.2) is 48.6 Å². The zero-order valence-electron chi connectivity index (χ0n) is 21.8. The Hall–Kier alpha value is -3.95. The van der Waals surface area contributed by atoms with E-state index in [1.165, 1.54) is 23.5 Å². The van der Waals surface area contributed by atoms with Gasteiger partial charge in [0.1, 0.15) is 11.6 Å². The first kappa shape index (κ1) is 27.1. The number of anilines is 1. The van der Waals surface area contributed by atoms with Crippen molar-refractivity contribution in [2.24, 2.45) is 0 Å². The van der Waals surface area contributed by atoms with Crippen molar-refractivity contribution >= 4 is 21.7 Å². The standard InChI is InChI=1S/C29H32N4O4S/c1-4-5-19-32(38(35,36)26-17-15-25(37-3)16-18-26)21-29(34)30-28-20-27(23-9-7-6-8-10-23)31-33(28)24-13-11-22(2)12-14-24/h6-18,20H,4-5,19,21H2,1-3H3,(H,30,34). The number of nitrogens with one attached hydrogen (secondary N) is 1. The average Bonchev–Trinajstić information content (AvgIpc) is 3.35. The molecule has 0 fully saturated rings. The molecule has 0 saturated heterocycles. The third-order valence-corrected chi connectivity index (χ3v) is 7.96. The molecule has 4 aromatic rings. The van der Waals surface area contributed by atoms with Crippen molar-refractivity contribution in [3.8, 4) is 22.7 Å². The minimum atomic E-state index is -3.90. The van der Waals surface area contributed by atoms with Gasteiger partial charge < -0.3 is 10.1 Å². The molecule has 0 aliphatic carbocycles. The fourth-order valence-corrected chi connectivity index (χ4v) is 5.40. The Balaban J connectivity index is 1.62. The van der Waals surface area contributed by atoms with E-state index in [1.807, 2.05) is 68.4 Å². The third-order valence-electron chi connectivity index (χ3n) is 6.10. The summed E-state index contributed by atoms with van der Waals surface area (Å²) in [5, 5.41) is 7.63. The lowest BCUT2D eigenvalue weighted by molar-refractivity contribution is -0.116. The first-order valence-corrected chi connectivity index (χ1v) is 13.9. The second kappa shape index (κ2) is 12.1. The molecule has 3 aromatic carbocycles. The summed E-state index contributed by atoms with van der Waals surface area (Å²) in [6.45, 7) is 3.88. The Morgan fingerprint density at radius 1 is 1.00 bits per heavy atom. The third kappa shape index (κ3) is 6.30. The van der Waals surface area contributed by atoms with Crippen LogP contribution < -0.4 is 10.1 Å². The molecule has 0 aliphatic heterocycles. The van der Waals surface area contributed by atoms with Crippen LogP contribution in [0.5, 0.6) is 5.75 Å². The van der Waals surface area contributed by atoms with Gasteiger partial charge in [0.05, 0.1) is 29.9 Å². The van der Waals surface area contributed by atoms with E-state index in [2.05, 4.69) is 5.32 Å². The van der Waals surface area contributed by atoms with Gasteiger partial charge in [0, 0.05) is 18.2 Å². The molecule has 0 bridgehead atoms. The Morgan fingerprint density at radius 3 is 2.32 bits per heavy atom. The zero-order valence-corrected chi connectivity index (χ0v) is 22.6. The van der Waals surface area contributed by atoms with Gasteiger partial charge in [0.15, 0.2) is 0 Å². The van der Waals surface area contributed by atoms with Gasteiger partial charge in [-0.25, -0.2) is 13.1 Å².